The van der Waals surface area contributed by atoms with E-state index in [0.717, 1.165) is 68.7 Å². The Morgan fingerprint density at radius 2 is 1.68 bits per heavy atom. The fourth-order valence-electron chi connectivity index (χ4n) is 4.85. The lowest BCUT2D eigenvalue weighted by Gasteiger charge is -2.33. The number of piperidine rings is 1. The third kappa shape index (κ3) is 7.69. The number of hydrogen-bond acceptors (Lipinski definition) is 8. The van der Waals surface area contributed by atoms with E-state index < -0.39 is 0 Å². The third-order valence-corrected chi connectivity index (χ3v) is 6.94. The van der Waals surface area contributed by atoms with E-state index in [1.165, 1.54) is 18.4 Å². The second-order valence-corrected chi connectivity index (χ2v) is 10.1. The van der Waals surface area contributed by atoms with Gasteiger partial charge >= 0.3 is 0 Å². The van der Waals surface area contributed by atoms with Crippen LogP contribution in [0.4, 0.5) is 11.8 Å². The van der Waals surface area contributed by atoms with Gasteiger partial charge in [-0.05, 0) is 58.0 Å². The molecule has 0 radical (unpaired) electrons. The Morgan fingerprint density at radius 1 is 0.946 bits per heavy atom. The first kappa shape index (κ1) is 26.9. The van der Waals surface area contributed by atoms with Crippen LogP contribution in [0.5, 0.6) is 11.5 Å². The van der Waals surface area contributed by atoms with Crippen LogP contribution in [-0.2, 0) is 6.54 Å². The summed E-state index contributed by atoms with van der Waals surface area (Å²) in [5.41, 5.74) is 2.21. The van der Waals surface area contributed by atoms with Crippen LogP contribution in [0.15, 0.2) is 42.5 Å². The van der Waals surface area contributed by atoms with Crippen molar-refractivity contribution in [2.24, 2.45) is 0 Å². The number of anilines is 2. The van der Waals surface area contributed by atoms with E-state index in [-0.39, 0.29) is 0 Å². The summed E-state index contributed by atoms with van der Waals surface area (Å²) in [4.78, 5) is 14.5. The summed E-state index contributed by atoms with van der Waals surface area (Å²) in [6, 6.07) is 15.0. The highest BCUT2D eigenvalue weighted by molar-refractivity contribution is 5.92. The number of nitrogens with one attached hydrogen (secondary N) is 2. The fourth-order valence-corrected chi connectivity index (χ4v) is 4.85. The van der Waals surface area contributed by atoms with E-state index in [9.17, 15) is 0 Å². The molecule has 1 aliphatic heterocycles. The summed E-state index contributed by atoms with van der Waals surface area (Å²) in [5, 5.41) is 8.13. The molecule has 0 atom stereocenters. The van der Waals surface area contributed by atoms with Crippen LogP contribution in [0, 0.1) is 0 Å². The lowest BCUT2D eigenvalue weighted by molar-refractivity contribution is 0.211. The first-order valence-electron chi connectivity index (χ1n) is 13.4. The van der Waals surface area contributed by atoms with E-state index >= 15 is 0 Å². The molecule has 1 aliphatic rings. The topological polar surface area (TPSA) is 74.8 Å². The Balaban J connectivity index is 1.44. The van der Waals surface area contributed by atoms with Gasteiger partial charge in [0.05, 0.1) is 19.7 Å². The Kier molecular flexibility index (Phi) is 9.79. The van der Waals surface area contributed by atoms with E-state index in [0.29, 0.717) is 23.5 Å². The summed E-state index contributed by atoms with van der Waals surface area (Å²) in [6.07, 6.45) is 5.60. The van der Waals surface area contributed by atoms with Crippen LogP contribution in [0.3, 0.4) is 0 Å². The molecule has 2 aromatic carbocycles. The van der Waals surface area contributed by atoms with Crippen LogP contribution >= 0.6 is 0 Å². The molecule has 1 saturated heterocycles. The lowest BCUT2D eigenvalue weighted by Crippen LogP contribution is -2.38. The monoisotopic (exact) mass is 506 g/mol. The lowest BCUT2D eigenvalue weighted by atomic mass is 10.0. The normalized spacial score (nSPS) is 14.7. The van der Waals surface area contributed by atoms with Crippen molar-refractivity contribution in [3.63, 3.8) is 0 Å². The van der Waals surface area contributed by atoms with Crippen molar-refractivity contribution in [1.82, 2.24) is 19.8 Å². The Labute approximate surface area is 221 Å². The minimum absolute atomic E-state index is 0.358. The van der Waals surface area contributed by atoms with Crippen LogP contribution in [0.2, 0.25) is 0 Å². The van der Waals surface area contributed by atoms with Gasteiger partial charge in [0, 0.05) is 43.7 Å². The number of hydrogen-bond donors (Lipinski definition) is 2. The van der Waals surface area contributed by atoms with Gasteiger partial charge in [-0.25, -0.2) is 4.98 Å². The van der Waals surface area contributed by atoms with Gasteiger partial charge in [-0.2, -0.15) is 4.98 Å². The molecule has 0 bridgehead atoms. The van der Waals surface area contributed by atoms with Crippen molar-refractivity contribution in [1.29, 1.82) is 0 Å². The fraction of sp³-hybridized carbons (Fsp3) is 0.517. The molecular formula is C29H42N6O2. The highest BCUT2D eigenvalue weighted by Crippen LogP contribution is 2.35. The predicted molar refractivity (Wildman–Crippen MR) is 152 cm³/mol. The van der Waals surface area contributed by atoms with E-state index in [2.05, 4.69) is 64.9 Å². The molecule has 1 fully saturated rings. The van der Waals surface area contributed by atoms with Crippen LogP contribution in [-0.4, -0.2) is 80.3 Å². The molecule has 0 spiro atoms. The smallest absolute Gasteiger partial charge is 0.225 e. The highest BCUT2D eigenvalue weighted by atomic mass is 16.5. The van der Waals surface area contributed by atoms with E-state index in [1.807, 2.05) is 12.1 Å². The molecule has 8 nitrogen and oxygen atoms in total. The van der Waals surface area contributed by atoms with Crippen LogP contribution < -0.4 is 20.1 Å². The zero-order valence-corrected chi connectivity index (χ0v) is 22.8. The van der Waals surface area contributed by atoms with E-state index in [1.54, 1.807) is 14.2 Å². The van der Waals surface area contributed by atoms with E-state index in [4.69, 9.17) is 19.4 Å². The molecule has 200 valence electrons. The van der Waals surface area contributed by atoms with Crippen molar-refractivity contribution in [2.75, 3.05) is 65.1 Å². The summed E-state index contributed by atoms with van der Waals surface area (Å²) >= 11 is 0. The second kappa shape index (κ2) is 13.4. The molecule has 1 aromatic heterocycles. The molecule has 0 aliphatic carbocycles. The number of rotatable bonds is 13. The van der Waals surface area contributed by atoms with Gasteiger partial charge in [0.1, 0.15) is 5.82 Å². The Morgan fingerprint density at radius 3 is 2.38 bits per heavy atom. The maximum Gasteiger partial charge on any atom is 0.225 e. The number of unbranched alkanes of at least 4 members (excludes halogenated alkanes) is 2. The van der Waals surface area contributed by atoms with Gasteiger partial charge in [0.25, 0.3) is 0 Å². The standard InChI is InChI=1S/C29H42N6O2/c1-34(2)16-10-6-9-15-30-29-32-25-20-27(37-4)26(36-3)19-24(25)28(33-29)31-23-13-17-35(18-14-23)21-22-11-7-5-8-12-22/h5,7-8,11-12,19-20,23H,6,9-10,13-18,21H2,1-4H3,(H2,30,31,32,33). The molecule has 8 heteroatoms. The third-order valence-electron chi connectivity index (χ3n) is 6.94. The minimum atomic E-state index is 0.358. The first-order valence-corrected chi connectivity index (χ1v) is 13.4. The summed E-state index contributed by atoms with van der Waals surface area (Å²) in [5.74, 6) is 2.85. The molecule has 0 saturated carbocycles. The molecule has 0 unspecified atom stereocenters. The van der Waals surface area contributed by atoms with Gasteiger partial charge in [-0.15, -0.1) is 0 Å². The number of ether oxygens (including phenoxy) is 2. The number of aromatic nitrogens is 2. The average Bonchev–Trinajstić information content (AvgIpc) is 2.91. The summed E-state index contributed by atoms with van der Waals surface area (Å²) in [7, 11) is 7.55. The zero-order valence-electron chi connectivity index (χ0n) is 22.8. The molecule has 3 aromatic rings. The molecule has 0 amide bonds. The van der Waals surface area contributed by atoms with Crippen molar-refractivity contribution < 1.29 is 9.47 Å². The maximum absolute atomic E-state index is 5.58. The molecular weight excluding hydrogens is 464 g/mol. The number of fused-ring (bicyclic) bond motifs is 1. The number of likely N-dealkylation sites (tertiary alicyclic amines) is 1. The highest BCUT2D eigenvalue weighted by Gasteiger charge is 2.21. The molecule has 2 heterocycles. The Hall–Kier alpha value is -3.10. The molecule has 2 N–H and O–H groups in total. The van der Waals surface area contributed by atoms with Crippen molar-refractivity contribution in [2.45, 2.75) is 44.7 Å². The quantitative estimate of drug-likeness (QED) is 0.318. The molecule has 4 rings (SSSR count). The minimum Gasteiger partial charge on any atom is -0.493 e. The van der Waals surface area contributed by atoms with Gasteiger partial charge in [-0.1, -0.05) is 36.8 Å². The summed E-state index contributed by atoms with van der Waals surface area (Å²) < 4.78 is 11.1. The van der Waals surface area contributed by atoms with Crippen molar-refractivity contribution in [3.8, 4) is 11.5 Å². The van der Waals surface area contributed by atoms with Crippen LogP contribution in [0.1, 0.15) is 37.7 Å². The van der Waals surface area contributed by atoms with Gasteiger partial charge in [0.15, 0.2) is 11.5 Å². The van der Waals surface area contributed by atoms with Crippen molar-refractivity contribution in [3.05, 3.63) is 48.0 Å². The first-order chi connectivity index (χ1) is 18.1. The van der Waals surface area contributed by atoms with Crippen molar-refractivity contribution >= 4 is 22.7 Å². The number of methoxy groups -OCH3 is 2. The predicted octanol–water partition coefficient (Wildman–Crippen LogP) is 4.87. The second-order valence-electron chi connectivity index (χ2n) is 10.1. The SMILES string of the molecule is COc1cc2nc(NCCCCCN(C)C)nc(NC3CCN(Cc4ccccc4)CC3)c2cc1OC. The largest absolute Gasteiger partial charge is 0.493 e. The van der Waals surface area contributed by atoms with Gasteiger partial charge < -0.3 is 25.0 Å². The zero-order chi connectivity index (χ0) is 26.0. The number of nitrogens with zero attached hydrogens (tertiary/aromatic N) is 4. The Bertz CT molecular complexity index is 1120. The van der Waals surface area contributed by atoms with Gasteiger partial charge in [0.2, 0.25) is 5.95 Å². The number of benzene rings is 2. The van der Waals surface area contributed by atoms with Crippen LogP contribution in [0.25, 0.3) is 10.9 Å². The maximum atomic E-state index is 5.58. The molecule has 37 heavy (non-hydrogen) atoms. The van der Waals surface area contributed by atoms with Gasteiger partial charge in [-0.3, -0.25) is 4.90 Å². The summed E-state index contributed by atoms with van der Waals surface area (Å²) in [6.45, 7) is 5.09. The average molecular weight is 507 g/mol.